The van der Waals surface area contributed by atoms with E-state index in [1.165, 1.54) is 18.7 Å². The molecule has 1 aliphatic rings. The molecule has 0 radical (unpaired) electrons. The maximum Gasteiger partial charge on any atom is 0.0475 e. The van der Waals surface area contributed by atoms with Crippen molar-refractivity contribution in [1.29, 1.82) is 0 Å². The predicted molar refractivity (Wildman–Crippen MR) is 81.6 cm³/mol. The molecule has 1 aromatic rings. The number of nitrogens with zero attached hydrogens (tertiary/aromatic N) is 1. The maximum absolute atomic E-state index is 3.75. The van der Waals surface area contributed by atoms with Gasteiger partial charge >= 0.3 is 0 Å². The molecule has 2 rings (SSSR count). The van der Waals surface area contributed by atoms with Crippen molar-refractivity contribution >= 4 is 17.0 Å². The van der Waals surface area contributed by atoms with Crippen LogP contribution in [-0.4, -0.2) is 25.7 Å². The number of thiophene rings is 1. The predicted octanol–water partition coefficient (Wildman–Crippen LogP) is 3.60. The number of hydrogen-bond acceptors (Lipinski definition) is 3. The summed E-state index contributed by atoms with van der Waals surface area (Å²) < 4.78 is 0. The van der Waals surface area contributed by atoms with Crippen molar-refractivity contribution in [2.45, 2.75) is 40.2 Å². The van der Waals surface area contributed by atoms with Crippen LogP contribution in [0.2, 0.25) is 0 Å². The molecule has 1 N–H and O–H groups in total. The van der Waals surface area contributed by atoms with E-state index in [1.807, 2.05) is 0 Å². The molecule has 2 unspecified atom stereocenters. The van der Waals surface area contributed by atoms with Crippen molar-refractivity contribution in [2.75, 3.05) is 24.5 Å². The van der Waals surface area contributed by atoms with Crippen molar-refractivity contribution in [3.8, 4) is 0 Å². The first-order valence-electron chi connectivity index (χ1n) is 6.94. The molecule has 2 heterocycles. The monoisotopic (exact) mass is 266 g/mol. The van der Waals surface area contributed by atoms with Crippen LogP contribution >= 0.6 is 11.3 Å². The van der Waals surface area contributed by atoms with Gasteiger partial charge in [0.15, 0.2) is 0 Å². The molecular formula is C15H26N2S. The van der Waals surface area contributed by atoms with Crippen molar-refractivity contribution in [3.05, 3.63) is 16.8 Å². The minimum atomic E-state index is 0.369. The van der Waals surface area contributed by atoms with Gasteiger partial charge in [-0.05, 0) is 29.2 Å². The maximum atomic E-state index is 3.75. The lowest BCUT2D eigenvalue weighted by atomic mass is 9.92. The highest BCUT2D eigenvalue weighted by Gasteiger charge is 2.25. The van der Waals surface area contributed by atoms with E-state index in [2.05, 4.69) is 54.7 Å². The van der Waals surface area contributed by atoms with Crippen LogP contribution in [0.4, 0.5) is 5.69 Å². The van der Waals surface area contributed by atoms with E-state index in [9.17, 15) is 0 Å². The average Bonchev–Trinajstić information content (AvgIpc) is 2.78. The summed E-state index contributed by atoms with van der Waals surface area (Å²) >= 11 is 1.79. The van der Waals surface area contributed by atoms with Gasteiger partial charge in [-0.25, -0.2) is 0 Å². The number of nitrogens with one attached hydrogen (secondary N) is 1. The molecule has 102 valence electrons. The summed E-state index contributed by atoms with van der Waals surface area (Å²) in [5.74, 6) is 0.774. The summed E-state index contributed by atoms with van der Waals surface area (Å²) in [6.07, 6.45) is 1.30. The highest BCUT2D eigenvalue weighted by atomic mass is 32.1. The summed E-state index contributed by atoms with van der Waals surface area (Å²) in [6.45, 7) is 12.7. The topological polar surface area (TPSA) is 15.3 Å². The molecule has 2 nitrogen and oxygen atoms in total. The fourth-order valence-electron chi connectivity index (χ4n) is 2.60. The Bertz CT molecular complexity index is 353. The summed E-state index contributed by atoms with van der Waals surface area (Å²) in [5.41, 5.74) is 1.77. The Hall–Kier alpha value is -0.540. The van der Waals surface area contributed by atoms with Crippen LogP contribution in [0.1, 0.15) is 34.1 Å². The first-order chi connectivity index (χ1) is 8.44. The molecule has 1 aromatic heterocycles. The van der Waals surface area contributed by atoms with Gasteiger partial charge in [0, 0.05) is 36.7 Å². The second kappa shape index (κ2) is 5.62. The lowest BCUT2D eigenvalue weighted by Gasteiger charge is -2.39. The van der Waals surface area contributed by atoms with Crippen LogP contribution in [0, 0.1) is 11.3 Å². The van der Waals surface area contributed by atoms with Gasteiger partial charge in [0.1, 0.15) is 0 Å². The molecule has 0 amide bonds. The third-order valence-electron chi connectivity index (χ3n) is 3.45. The summed E-state index contributed by atoms with van der Waals surface area (Å²) in [6, 6.07) is 2.87. The zero-order valence-corrected chi connectivity index (χ0v) is 12.9. The second-order valence-corrected chi connectivity index (χ2v) is 7.65. The van der Waals surface area contributed by atoms with Gasteiger partial charge < -0.3 is 10.2 Å². The molecule has 2 atom stereocenters. The van der Waals surface area contributed by atoms with Crippen molar-refractivity contribution < 1.29 is 0 Å². The van der Waals surface area contributed by atoms with Crippen LogP contribution in [-0.2, 0) is 0 Å². The van der Waals surface area contributed by atoms with Crippen LogP contribution in [0.15, 0.2) is 16.8 Å². The Morgan fingerprint density at radius 3 is 2.78 bits per heavy atom. The average molecular weight is 266 g/mol. The fourth-order valence-corrected chi connectivity index (χ4v) is 3.26. The Morgan fingerprint density at radius 2 is 2.17 bits per heavy atom. The highest BCUT2D eigenvalue weighted by Crippen LogP contribution is 2.25. The van der Waals surface area contributed by atoms with Gasteiger partial charge in [-0.15, -0.1) is 0 Å². The van der Waals surface area contributed by atoms with Gasteiger partial charge in [-0.2, -0.15) is 11.3 Å². The minimum absolute atomic E-state index is 0.369. The molecule has 0 aliphatic carbocycles. The molecule has 1 fully saturated rings. The van der Waals surface area contributed by atoms with Crippen molar-refractivity contribution in [3.63, 3.8) is 0 Å². The van der Waals surface area contributed by atoms with E-state index < -0.39 is 0 Å². The van der Waals surface area contributed by atoms with E-state index in [0.29, 0.717) is 11.5 Å². The highest BCUT2D eigenvalue weighted by molar-refractivity contribution is 7.08. The molecular weight excluding hydrogens is 240 g/mol. The Balaban J connectivity index is 1.92. The quantitative estimate of drug-likeness (QED) is 0.899. The van der Waals surface area contributed by atoms with E-state index in [4.69, 9.17) is 0 Å². The normalized spacial score (nSPS) is 25.4. The van der Waals surface area contributed by atoms with Gasteiger partial charge in [0.2, 0.25) is 0 Å². The Kier molecular flexibility index (Phi) is 4.33. The van der Waals surface area contributed by atoms with Crippen molar-refractivity contribution in [1.82, 2.24) is 5.32 Å². The second-order valence-electron chi connectivity index (χ2n) is 6.87. The molecule has 18 heavy (non-hydrogen) atoms. The molecule has 0 saturated carbocycles. The Morgan fingerprint density at radius 1 is 1.39 bits per heavy atom. The largest absolute Gasteiger partial charge is 0.369 e. The standard InChI is InChI=1S/C15H26N2S/c1-12-7-13(16-11-15(2,3)4)9-17(8-12)14-5-6-18-10-14/h5-6,10,12-13,16H,7-9,11H2,1-4H3. The number of hydrogen-bond donors (Lipinski definition) is 1. The first-order valence-corrected chi connectivity index (χ1v) is 7.89. The van der Waals surface area contributed by atoms with Gasteiger partial charge in [-0.1, -0.05) is 27.7 Å². The molecule has 0 bridgehead atoms. The molecule has 0 aromatic carbocycles. The Labute approximate surface area is 115 Å². The molecule has 1 saturated heterocycles. The lowest BCUT2D eigenvalue weighted by Crippen LogP contribution is -2.50. The third-order valence-corrected chi connectivity index (χ3v) is 4.12. The lowest BCUT2D eigenvalue weighted by molar-refractivity contribution is 0.300. The SMILES string of the molecule is CC1CC(NCC(C)(C)C)CN(c2ccsc2)C1. The van der Waals surface area contributed by atoms with Crippen LogP contribution in [0.3, 0.4) is 0 Å². The van der Waals surface area contributed by atoms with Crippen LogP contribution < -0.4 is 10.2 Å². The number of rotatable bonds is 3. The zero-order valence-electron chi connectivity index (χ0n) is 12.1. The molecule has 3 heteroatoms. The van der Waals surface area contributed by atoms with Crippen LogP contribution in [0.5, 0.6) is 0 Å². The molecule has 0 spiro atoms. The van der Waals surface area contributed by atoms with Gasteiger partial charge in [-0.3, -0.25) is 0 Å². The van der Waals surface area contributed by atoms with Gasteiger partial charge in [0.25, 0.3) is 0 Å². The van der Waals surface area contributed by atoms with Crippen molar-refractivity contribution in [2.24, 2.45) is 11.3 Å². The van der Waals surface area contributed by atoms with Crippen LogP contribution in [0.25, 0.3) is 0 Å². The smallest absolute Gasteiger partial charge is 0.0475 e. The van der Waals surface area contributed by atoms with E-state index >= 15 is 0 Å². The van der Waals surface area contributed by atoms with E-state index in [-0.39, 0.29) is 0 Å². The number of piperidine rings is 1. The number of anilines is 1. The third kappa shape index (κ3) is 3.99. The van der Waals surface area contributed by atoms with E-state index in [1.54, 1.807) is 11.3 Å². The molecule has 1 aliphatic heterocycles. The zero-order chi connectivity index (χ0) is 13.2. The fraction of sp³-hybridized carbons (Fsp3) is 0.733. The summed E-state index contributed by atoms with van der Waals surface area (Å²) in [7, 11) is 0. The summed E-state index contributed by atoms with van der Waals surface area (Å²) in [4.78, 5) is 2.53. The summed E-state index contributed by atoms with van der Waals surface area (Å²) in [5, 5.41) is 8.18. The van der Waals surface area contributed by atoms with Gasteiger partial charge in [0.05, 0.1) is 0 Å². The first kappa shape index (κ1) is 13.9. The minimum Gasteiger partial charge on any atom is -0.369 e. The van der Waals surface area contributed by atoms with E-state index in [0.717, 1.165) is 19.0 Å².